The Balaban J connectivity index is 1.49. The molecule has 0 spiro atoms. The van der Waals surface area contributed by atoms with Crippen LogP contribution in [0.15, 0.2) is 35.8 Å². The minimum Gasteiger partial charge on any atom is -0.342 e. The highest BCUT2D eigenvalue weighted by molar-refractivity contribution is 7.10. The minimum absolute atomic E-state index is 0.00143. The smallest absolute Gasteiger partial charge is 0.228 e. The molecule has 2 amide bonds. The molecule has 2 aromatic rings. The van der Waals surface area contributed by atoms with Gasteiger partial charge in [0.25, 0.3) is 0 Å². The van der Waals surface area contributed by atoms with Gasteiger partial charge in [0, 0.05) is 30.1 Å². The summed E-state index contributed by atoms with van der Waals surface area (Å²) >= 11 is 1.60. The third-order valence-electron chi connectivity index (χ3n) is 4.29. The lowest BCUT2D eigenvalue weighted by Gasteiger charge is -2.31. The van der Waals surface area contributed by atoms with Crippen LogP contribution < -0.4 is 5.32 Å². The Kier molecular flexibility index (Phi) is 5.25. The van der Waals surface area contributed by atoms with Crippen LogP contribution in [0.2, 0.25) is 0 Å². The molecule has 0 aromatic carbocycles. The number of nitrogens with zero attached hydrogens (tertiary/aromatic N) is 2. The lowest BCUT2D eigenvalue weighted by Crippen LogP contribution is -2.42. The van der Waals surface area contributed by atoms with Gasteiger partial charge in [0.05, 0.1) is 6.42 Å². The third-order valence-corrected chi connectivity index (χ3v) is 5.17. The van der Waals surface area contributed by atoms with Gasteiger partial charge in [-0.2, -0.15) is 0 Å². The predicted octanol–water partition coefficient (Wildman–Crippen LogP) is 2.87. The number of aromatic nitrogens is 1. The van der Waals surface area contributed by atoms with Gasteiger partial charge in [-0.3, -0.25) is 9.59 Å². The number of hydrogen-bond donors (Lipinski definition) is 1. The molecule has 6 heteroatoms. The van der Waals surface area contributed by atoms with Gasteiger partial charge in [-0.15, -0.1) is 11.3 Å². The van der Waals surface area contributed by atoms with Gasteiger partial charge < -0.3 is 10.2 Å². The van der Waals surface area contributed by atoms with Crippen molar-refractivity contribution in [2.45, 2.75) is 26.2 Å². The summed E-state index contributed by atoms with van der Waals surface area (Å²) in [5.41, 5.74) is 1.06. The van der Waals surface area contributed by atoms with Gasteiger partial charge in [-0.05, 0) is 48.9 Å². The number of rotatable bonds is 4. The number of nitrogens with one attached hydrogen (secondary N) is 1. The molecule has 126 valence electrons. The Bertz CT molecular complexity index is 707. The largest absolute Gasteiger partial charge is 0.342 e. The zero-order valence-electron chi connectivity index (χ0n) is 13.7. The summed E-state index contributed by atoms with van der Waals surface area (Å²) in [7, 11) is 0. The van der Waals surface area contributed by atoms with Gasteiger partial charge in [0.15, 0.2) is 0 Å². The second-order valence-corrected chi connectivity index (χ2v) is 7.15. The molecule has 2 aromatic heterocycles. The molecule has 0 unspecified atom stereocenters. The molecule has 1 N–H and O–H groups in total. The maximum atomic E-state index is 12.4. The zero-order valence-corrected chi connectivity index (χ0v) is 14.5. The summed E-state index contributed by atoms with van der Waals surface area (Å²) in [4.78, 5) is 31.8. The molecular weight excluding hydrogens is 322 g/mol. The fraction of sp³-hybridized carbons (Fsp3) is 0.389. The number of pyridine rings is 1. The van der Waals surface area contributed by atoms with Gasteiger partial charge in [0.1, 0.15) is 5.82 Å². The van der Waals surface area contributed by atoms with E-state index in [1.165, 1.54) is 0 Å². The van der Waals surface area contributed by atoms with Crippen LogP contribution in [0.3, 0.4) is 0 Å². The lowest BCUT2D eigenvalue weighted by atomic mass is 9.95. The van der Waals surface area contributed by atoms with Crippen molar-refractivity contribution < 1.29 is 9.59 Å². The van der Waals surface area contributed by atoms with Crippen LogP contribution in [0.25, 0.3) is 0 Å². The van der Waals surface area contributed by atoms with E-state index >= 15 is 0 Å². The molecule has 1 aliphatic heterocycles. The maximum Gasteiger partial charge on any atom is 0.228 e. The fourth-order valence-electron chi connectivity index (χ4n) is 2.90. The number of aryl methyl sites for hydroxylation is 1. The van der Waals surface area contributed by atoms with E-state index in [4.69, 9.17) is 0 Å². The van der Waals surface area contributed by atoms with Gasteiger partial charge in [-0.25, -0.2) is 4.98 Å². The number of thiophene rings is 1. The molecule has 5 nitrogen and oxygen atoms in total. The molecular formula is C18H21N3O2S. The molecule has 0 radical (unpaired) electrons. The van der Waals surface area contributed by atoms with Crippen LogP contribution >= 0.6 is 11.3 Å². The van der Waals surface area contributed by atoms with Gasteiger partial charge >= 0.3 is 0 Å². The SMILES string of the molecule is Cc1ccnc(NC(=O)C2CCN(C(=O)Cc3cccs3)CC2)c1. The molecule has 0 saturated carbocycles. The van der Waals surface area contributed by atoms with E-state index in [1.807, 2.05) is 41.5 Å². The number of carbonyl (C=O) groups excluding carboxylic acids is 2. The summed E-state index contributed by atoms with van der Waals surface area (Å²) in [5.74, 6) is 0.685. The van der Waals surface area contributed by atoms with Crippen molar-refractivity contribution in [2.24, 2.45) is 5.92 Å². The average Bonchev–Trinajstić information content (AvgIpc) is 3.08. The van der Waals surface area contributed by atoms with Crippen LogP contribution in [0, 0.1) is 12.8 Å². The number of carbonyl (C=O) groups is 2. The number of anilines is 1. The highest BCUT2D eigenvalue weighted by Gasteiger charge is 2.27. The molecule has 1 aliphatic rings. The molecule has 3 heterocycles. The van der Waals surface area contributed by atoms with Gasteiger partial charge in [0.2, 0.25) is 11.8 Å². The first-order valence-electron chi connectivity index (χ1n) is 8.15. The van der Waals surface area contributed by atoms with Crippen LogP contribution in [0.5, 0.6) is 0 Å². The first-order chi connectivity index (χ1) is 11.6. The Hall–Kier alpha value is -2.21. The maximum absolute atomic E-state index is 12.4. The van der Waals surface area contributed by atoms with Crippen LogP contribution in [0.1, 0.15) is 23.3 Å². The zero-order chi connectivity index (χ0) is 16.9. The van der Waals surface area contributed by atoms with E-state index in [2.05, 4.69) is 10.3 Å². The first kappa shape index (κ1) is 16.6. The molecule has 24 heavy (non-hydrogen) atoms. The summed E-state index contributed by atoms with van der Waals surface area (Å²) in [6.07, 6.45) is 3.56. The van der Waals surface area contributed by atoms with Crippen LogP contribution in [-0.2, 0) is 16.0 Å². The Morgan fingerprint density at radius 1 is 1.33 bits per heavy atom. The number of hydrogen-bond acceptors (Lipinski definition) is 4. The van der Waals surface area contributed by atoms with E-state index < -0.39 is 0 Å². The standard InChI is InChI=1S/C18H21N3O2S/c1-13-4-7-19-16(11-13)20-18(23)14-5-8-21(9-6-14)17(22)12-15-3-2-10-24-15/h2-4,7,10-11,14H,5-6,8-9,12H2,1H3,(H,19,20,23). The van der Waals surface area contributed by atoms with Crippen molar-refractivity contribution in [3.05, 3.63) is 46.3 Å². The average molecular weight is 343 g/mol. The molecule has 3 rings (SSSR count). The highest BCUT2D eigenvalue weighted by Crippen LogP contribution is 2.20. The van der Waals surface area contributed by atoms with Crippen molar-refractivity contribution in [1.82, 2.24) is 9.88 Å². The fourth-order valence-corrected chi connectivity index (χ4v) is 3.59. The Morgan fingerprint density at radius 3 is 2.79 bits per heavy atom. The Labute approximate surface area is 145 Å². The molecule has 0 bridgehead atoms. The molecule has 0 aliphatic carbocycles. The molecule has 1 fully saturated rings. The molecule has 1 saturated heterocycles. The van der Waals surface area contributed by atoms with E-state index in [9.17, 15) is 9.59 Å². The minimum atomic E-state index is -0.0573. The van der Waals surface area contributed by atoms with E-state index in [0.29, 0.717) is 38.2 Å². The Morgan fingerprint density at radius 2 is 2.12 bits per heavy atom. The first-order valence-corrected chi connectivity index (χ1v) is 9.03. The topological polar surface area (TPSA) is 62.3 Å². The van der Waals surface area contributed by atoms with Crippen LogP contribution in [-0.4, -0.2) is 34.8 Å². The van der Waals surface area contributed by atoms with E-state index in [-0.39, 0.29) is 17.7 Å². The second kappa shape index (κ2) is 7.57. The van der Waals surface area contributed by atoms with Crippen molar-refractivity contribution in [2.75, 3.05) is 18.4 Å². The van der Waals surface area contributed by atoms with Gasteiger partial charge in [-0.1, -0.05) is 6.07 Å². The predicted molar refractivity (Wildman–Crippen MR) is 94.9 cm³/mol. The lowest BCUT2D eigenvalue weighted by molar-refractivity contribution is -0.133. The quantitative estimate of drug-likeness (QED) is 0.928. The normalized spacial score (nSPS) is 15.3. The van der Waals surface area contributed by atoms with E-state index in [1.54, 1.807) is 17.5 Å². The summed E-state index contributed by atoms with van der Waals surface area (Å²) in [5, 5.41) is 4.87. The summed E-state index contributed by atoms with van der Waals surface area (Å²) < 4.78 is 0. The number of amides is 2. The summed E-state index contributed by atoms with van der Waals surface area (Å²) in [6.45, 7) is 3.25. The number of likely N-dealkylation sites (tertiary alicyclic amines) is 1. The van der Waals surface area contributed by atoms with Crippen molar-refractivity contribution >= 4 is 29.0 Å². The third kappa shape index (κ3) is 4.20. The summed E-state index contributed by atoms with van der Waals surface area (Å²) in [6, 6.07) is 7.70. The van der Waals surface area contributed by atoms with E-state index in [0.717, 1.165) is 10.4 Å². The monoisotopic (exact) mass is 343 g/mol. The molecule has 0 atom stereocenters. The second-order valence-electron chi connectivity index (χ2n) is 6.12. The van der Waals surface area contributed by atoms with Crippen molar-refractivity contribution in [3.8, 4) is 0 Å². The highest BCUT2D eigenvalue weighted by atomic mass is 32.1. The van der Waals surface area contributed by atoms with Crippen molar-refractivity contribution in [3.63, 3.8) is 0 Å². The van der Waals surface area contributed by atoms with Crippen molar-refractivity contribution in [1.29, 1.82) is 0 Å². The number of piperidine rings is 1. The van der Waals surface area contributed by atoms with Crippen LogP contribution in [0.4, 0.5) is 5.82 Å².